The van der Waals surface area contributed by atoms with Crippen molar-refractivity contribution in [3.05, 3.63) is 35.5 Å². The molecule has 0 atom stereocenters. The molecule has 2 aromatic rings. The Hall–Kier alpha value is -1.97. The Bertz CT molecular complexity index is 543. The van der Waals surface area contributed by atoms with Crippen molar-refractivity contribution < 1.29 is 4.74 Å². The standard InChI is InChI=1S/C15H21N3O/c1-4-5-6-12-7-9-13(10-8-12)19-15-14(16)11(2)17-18(15)3/h7-10H,4-6,16H2,1-3H3. The van der Waals surface area contributed by atoms with Gasteiger partial charge in [0, 0.05) is 7.05 Å². The van der Waals surface area contributed by atoms with Crippen molar-refractivity contribution in [1.29, 1.82) is 0 Å². The third kappa shape index (κ3) is 3.08. The smallest absolute Gasteiger partial charge is 0.241 e. The van der Waals surface area contributed by atoms with E-state index in [-0.39, 0.29) is 0 Å². The maximum atomic E-state index is 5.94. The minimum Gasteiger partial charge on any atom is -0.437 e. The van der Waals surface area contributed by atoms with Crippen LogP contribution in [0.3, 0.4) is 0 Å². The first kappa shape index (κ1) is 13.5. The summed E-state index contributed by atoms with van der Waals surface area (Å²) in [5.74, 6) is 1.38. The van der Waals surface area contributed by atoms with Gasteiger partial charge in [-0.25, -0.2) is 4.68 Å². The highest BCUT2D eigenvalue weighted by Crippen LogP contribution is 2.29. The number of unbranched alkanes of at least 4 members (excludes halogenated alkanes) is 1. The summed E-state index contributed by atoms with van der Waals surface area (Å²) in [6, 6.07) is 8.16. The Labute approximate surface area is 114 Å². The van der Waals surface area contributed by atoms with Gasteiger partial charge in [-0.15, -0.1) is 0 Å². The molecule has 0 radical (unpaired) electrons. The lowest BCUT2D eigenvalue weighted by Crippen LogP contribution is -1.97. The summed E-state index contributed by atoms with van der Waals surface area (Å²) in [5.41, 5.74) is 8.66. The van der Waals surface area contributed by atoms with E-state index >= 15 is 0 Å². The van der Waals surface area contributed by atoms with E-state index in [1.807, 2.05) is 26.1 Å². The van der Waals surface area contributed by atoms with E-state index in [0.717, 1.165) is 17.9 Å². The summed E-state index contributed by atoms with van der Waals surface area (Å²) >= 11 is 0. The lowest BCUT2D eigenvalue weighted by Gasteiger charge is -2.07. The quantitative estimate of drug-likeness (QED) is 0.894. The van der Waals surface area contributed by atoms with Crippen LogP contribution >= 0.6 is 0 Å². The number of rotatable bonds is 5. The van der Waals surface area contributed by atoms with Crippen LogP contribution in [-0.4, -0.2) is 9.78 Å². The molecule has 4 heteroatoms. The zero-order valence-electron chi connectivity index (χ0n) is 11.8. The number of nitrogen functional groups attached to an aromatic ring is 1. The summed E-state index contributed by atoms with van der Waals surface area (Å²) < 4.78 is 7.46. The first-order valence-electron chi connectivity index (χ1n) is 6.67. The fourth-order valence-corrected chi connectivity index (χ4v) is 1.99. The maximum absolute atomic E-state index is 5.94. The monoisotopic (exact) mass is 259 g/mol. The molecule has 0 fully saturated rings. The summed E-state index contributed by atoms with van der Waals surface area (Å²) in [4.78, 5) is 0. The third-order valence-electron chi connectivity index (χ3n) is 3.17. The van der Waals surface area contributed by atoms with E-state index < -0.39 is 0 Å². The highest BCUT2D eigenvalue weighted by atomic mass is 16.5. The fourth-order valence-electron chi connectivity index (χ4n) is 1.99. The average molecular weight is 259 g/mol. The van der Waals surface area contributed by atoms with Crippen molar-refractivity contribution in [1.82, 2.24) is 9.78 Å². The Kier molecular flexibility index (Phi) is 4.10. The largest absolute Gasteiger partial charge is 0.437 e. The molecule has 0 bridgehead atoms. The Morgan fingerprint density at radius 2 is 1.95 bits per heavy atom. The molecule has 1 aromatic heterocycles. The molecule has 0 aliphatic heterocycles. The van der Waals surface area contributed by atoms with Gasteiger partial charge in [0.2, 0.25) is 5.88 Å². The van der Waals surface area contributed by atoms with Crippen molar-refractivity contribution in [2.24, 2.45) is 7.05 Å². The number of aryl methyl sites for hydroxylation is 3. The lowest BCUT2D eigenvalue weighted by molar-refractivity contribution is 0.432. The molecule has 4 nitrogen and oxygen atoms in total. The highest BCUT2D eigenvalue weighted by Gasteiger charge is 2.12. The molecule has 2 N–H and O–H groups in total. The molecule has 0 aliphatic rings. The predicted octanol–water partition coefficient (Wildman–Crippen LogP) is 3.45. The van der Waals surface area contributed by atoms with Crippen LogP contribution in [0.5, 0.6) is 11.6 Å². The van der Waals surface area contributed by atoms with Crippen molar-refractivity contribution in [2.75, 3.05) is 5.73 Å². The molecule has 0 amide bonds. The lowest BCUT2D eigenvalue weighted by atomic mass is 10.1. The molecule has 102 valence electrons. The van der Waals surface area contributed by atoms with Crippen LogP contribution in [0.2, 0.25) is 0 Å². The second-order valence-corrected chi connectivity index (χ2v) is 4.78. The molecular formula is C15H21N3O. The van der Waals surface area contributed by atoms with Gasteiger partial charge in [0.1, 0.15) is 11.4 Å². The van der Waals surface area contributed by atoms with E-state index in [2.05, 4.69) is 24.2 Å². The van der Waals surface area contributed by atoms with Gasteiger partial charge in [-0.2, -0.15) is 5.10 Å². The summed E-state index contributed by atoms with van der Waals surface area (Å²) in [5, 5.41) is 4.23. The van der Waals surface area contributed by atoms with E-state index in [1.54, 1.807) is 4.68 Å². The van der Waals surface area contributed by atoms with Gasteiger partial charge in [-0.3, -0.25) is 0 Å². The van der Waals surface area contributed by atoms with E-state index in [0.29, 0.717) is 11.6 Å². The zero-order chi connectivity index (χ0) is 13.8. The molecule has 0 saturated carbocycles. The Balaban J connectivity index is 2.11. The van der Waals surface area contributed by atoms with Crippen molar-refractivity contribution in [3.63, 3.8) is 0 Å². The molecular weight excluding hydrogens is 238 g/mol. The van der Waals surface area contributed by atoms with Gasteiger partial charge in [0.05, 0.1) is 5.69 Å². The van der Waals surface area contributed by atoms with Crippen molar-refractivity contribution in [3.8, 4) is 11.6 Å². The second-order valence-electron chi connectivity index (χ2n) is 4.78. The SMILES string of the molecule is CCCCc1ccc(Oc2c(N)c(C)nn2C)cc1. The number of aromatic nitrogens is 2. The van der Waals surface area contributed by atoms with Gasteiger partial charge in [0.15, 0.2) is 0 Å². The first-order chi connectivity index (χ1) is 9.11. The van der Waals surface area contributed by atoms with Crippen LogP contribution in [0, 0.1) is 6.92 Å². The number of nitrogens with zero attached hydrogens (tertiary/aromatic N) is 2. The normalized spacial score (nSPS) is 10.7. The fraction of sp³-hybridized carbons (Fsp3) is 0.400. The summed E-state index contributed by atoms with van der Waals surface area (Å²) in [7, 11) is 1.83. The van der Waals surface area contributed by atoms with Gasteiger partial charge < -0.3 is 10.5 Å². The molecule has 19 heavy (non-hydrogen) atoms. The minimum atomic E-state index is 0.595. The molecule has 1 aromatic carbocycles. The van der Waals surface area contributed by atoms with Crippen molar-refractivity contribution >= 4 is 5.69 Å². The molecule has 2 rings (SSSR count). The summed E-state index contributed by atoms with van der Waals surface area (Å²) in [6.07, 6.45) is 3.54. The predicted molar refractivity (Wildman–Crippen MR) is 77.5 cm³/mol. The molecule has 0 aliphatic carbocycles. The van der Waals surface area contributed by atoms with E-state index in [1.165, 1.54) is 18.4 Å². The zero-order valence-corrected chi connectivity index (χ0v) is 11.8. The van der Waals surface area contributed by atoms with E-state index in [9.17, 15) is 0 Å². The molecule has 0 saturated heterocycles. The van der Waals surface area contributed by atoms with Crippen LogP contribution < -0.4 is 10.5 Å². The molecule has 0 spiro atoms. The Morgan fingerprint density at radius 3 is 2.47 bits per heavy atom. The highest BCUT2D eigenvalue weighted by molar-refractivity contribution is 5.53. The number of benzene rings is 1. The number of hydrogen-bond acceptors (Lipinski definition) is 3. The maximum Gasteiger partial charge on any atom is 0.241 e. The Morgan fingerprint density at radius 1 is 1.26 bits per heavy atom. The molecule has 0 unspecified atom stereocenters. The number of ether oxygens (including phenoxy) is 1. The number of hydrogen-bond donors (Lipinski definition) is 1. The van der Waals surface area contributed by atoms with Crippen LogP contribution in [0.15, 0.2) is 24.3 Å². The first-order valence-corrected chi connectivity index (χ1v) is 6.67. The second kappa shape index (κ2) is 5.78. The van der Waals surface area contributed by atoms with Crippen LogP contribution in [-0.2, 0) is 13.5 Å². The average Bonchev–Trinajstić information content (AvgIpc) is 2.64. The number of anilines is 1. The van der Waals surface area contributed by atoms with Gasteiger partial charge in [-0.05, 0) is 37.5 Å². The summed E-state index contributed by atoms with van der Waals surface area (Å²) in [6.45, 7) is 4.07. The minimum absolute atomic E-state index is 0.595. The van der Waals surface area contributed by atoms with Gasteiger partial charge >= 0.3 is 0 Å². The van der Waals surface area contributed by atoms with Crippen LogP contribution in [0.1, 0.15) is 31.0 Å². The molecule has 1 heterocycles. The van der Waals surface area contributed by atoms with Gasteiger partial charge in [-0.1, -0.05) is 25.5 Å². The van der Waals surface area contributed by atoms with Crippen LogP contribution in [0.25, 0.3) is 0 Å². The van der Waals surface area contributed by atoms with Crippen LogP contribution in [0.4, 0.5) is 5.69 Å². The topological polar surface area (TPSA) is 53.1 Å². The van der Waals surface area contributed by atoms with E-state index in [4.69, 9.17) is 10.5 Å². The van der Waals surface area contributed by atoms with Crippen molar-refractivity contribution in [2.45, 2.75) is 33.1 Å². The number of nitrogens with two attached hydrogens (primary N) is 1. The van der Waals surface area contributed by atoms with Gasteiger partial charge in [0.25, 0.3) is 0 Å². The third-order valence-corrected chi connectivity index (χ3v) is 3.17.